The summed E-state index contributed by atoms with van der Waals surface area (Å²) in [6.45, 7) is 3.69. The van der Waals surface area contributed by atoms with Crippen molar-refractivity contribution in [1.29, 1.82) is 0 Å². The van der Waals surface area contributed by atoms with Gasteiger partial charge in [-0.05, 0) is 13.3 Å². The van der Waals surface area contributed by atoms with Crippen molar-refractivity contribution in [3.8, 4) is 0 Å². The van der Waals surface area contributed by atoms with Gasteiger partial charge in [0.25, 0.3) is 0 Å². The summed E-state index contributed by atoms with van der Waals surface area (Å²) in [6, 6.07) is 1.16. The zero-order valence-electron chi connectivity index (χ0n) is 8.11. The largest absolute Gasteiger partial charge is 0.458 e. The summed E-state index contributed by atoms with van der Waals surface area (Å²) in [5.41, 5.74) is -0.238. The normalized spacial score (nSPS) is 12.1. The molecule has 0 aliphatic carbocycles. The molecule has 14 heavy (non-hydrogen) atoms. The highest BCUT2D eigenvalue weighted by atomic mass is 16.5. The van der Waals surface area contributed by atoms with Gasteiger partial charge in [-0.3, -0.25) is 9.89 Å². The summed E-state index contributed by atoms with van der Waals surface area (Å²) in [5, 5.41) is 5.91. The topological polar surface area (TPSA) is 72.1 Å². The maximum Gasteiger partial charge on any atom is 0.356 e. The first kappa shape index (κ1) is 10.4. The van der Waals surface area contributed by atoms with Crippen LogP contribution in [0.5, 0.6) is 0 Å². The van der Waals surface area contributed by atoms with Crippen molar-refractivity contribution in [2.75, 3.05) is 0 Å². The van der Waals surface area contributed by atoms with Gasteiger partial charge in [-0.15, -0.1) is 0 Å². The molecular formula is C9H12N2O3. The van der Waals surface area contributed by atoms with Crippen LogP contribution in [-0.4, -0.2) is 22.3 Å². The fraction of sp³-hybridized carbons (Fsp3) is 0.444. The Morgan fingerprint density at radius 2 is 2.43 bits per heavy atom. The minimum atomic E-state index is -0.551. The molecule has 1 rings (SSSR count). The van der Waals surface area contributed by atoms with Crippen LogP contribution in [0.3, 0.4) is 0 Å². The van der Waals surface area contributed by atoms with Gasteiger partial charge >= 0.3 is 5.97 Å². The van der Waals surface area contributed by atoms with Crippen molar-refractivity contribution in [3.05, 3.63) is 28.2 Å². The lowest BCUT2D eigenvalue weighted by Crippen LogP contribution is -2.17. The van der Waals surface area contributed by atoms with E-state index in [0.29, 0.717) is 0 Å². The van der Waals surface area contributed by atoms with Gasteiger partial charge in [-0.25, -0.2) is 4.79 Å². The molecule has 5 heteroatoms. The number of carbonyl (C=O) groups is 1. The third-order valence-electron chi connectivity index (χ3n) is 1.77. The lowest BCUT2D eigenvalue weighted by Gasteiger charge is -2.09. The molecule has 0 bridgehead atoms. The first-order valence-corrected chi connectivity index (χ1v) is 4.39. The predicted molar refractivity (Wildman–Crippen MR) is 50.0 cm³/mol. The third-order valence-corrected chi connectivity index (χ3v) is 1.77. The Bertz CT molecular complexity index is 372. The van der Waals surface area contributed by atoms with Crippen LogP contribution in [0.4, 0.5) is 0 Å². The molecule has 0 aliphatic rings. The van der Waals surface area contributed by atoms with Crippen LogP contribution in [0.1, 0.15) is 30.8 Å². The molecule has 1 heterocycles. The standard InChI is InChI=1S/C9H12N2O3/c1-3-6(2)14-9(13)8-4-7(12)5-10-11-8/h4-6H,3H2,1-2H3,(H,11,12). The fourth-order valence-electron chi connectivity index (χ4n) is 0.811. The second-order valence-electron chi connectivity index (χ2n) is 2.95. The zero-order valence-corrected chi connectivity index (χ0v) is 8.11. The van der Waals surface area contributed by atoms with E-state index in [1.54, 1.807) is 6.92 Å². The number of aromatic nitrogens is 2. The van der Waals surface area contributed by atoms with Crippen molar-refractivity contribution in [1.82, 2.24) is 10.2 Å². The summed E-state index contributed by atoms with van der Waals surface area (Å²) in [7, 11) is 0. The molecule has 1 N–H and O–H groups in total. The molecule has 0 saturated heterocycles. The second-order valence-corrected chi connectivity index (χ2v) is 2.95. The molecule has 5 nitrogen and oxygen atoms in total. The van der Waals surface area contributed by atoms with Crippen LogP contribution < -0.4 is 5.43 Å². The van der Waals surface area contributed by atoms with Crippen LogP contribution in [-0.2, 0) is 4.74 Å². The number of esters is 1. The lowest BCUT2D eigenvalue weighted by atomic mass is 10.3. The molecule has 0 fully saturated rings. The van der Waals surface area contributed by atoms with Gasteiger partial charge < -0.3 is 4.74 Å². The molecule has 76 valence electrons. The Morgan fingerprint density at radius 3 is 3.00 bits per heavy atom. The smallest absolute Gasteiger partial charge is 0.356 e. The van der Waals surface area contributed by atoms with Gasteiger partial charge in [0.2, 0.25) is 5.43 Å². The second kappa shape index (κ2) is 4.55. The number of nitrogens with one attached hydrogen (secondary N) is 1. The molecule has 0 saturated carbocycles. The van der Waals surface area contributed by atoms with Crippen LogP contribution >= 0.6 is 0 Å². The Labute approximate surface area is 81.1 Å². The maximum absolute atomic E-state index is 11.3. The highest BCUT2D eigenvalue weighted by Gasteiger charge is 2.11. The van der Waals surface area contributed by atoms with Crippen molar-refractivity contribution in [2.45, 2.75) is 26.4 Å². The molecule has 0 aromatic carbocycles. The van der Waals surface area contributed by atoms with Gasteiger partial charge in [0, 0.05) is 6.07 Å². The quantitative estimate of drug-likeness (QED) is 0.723. The van der Waals surface area contributed by atoms with Crippen molar-refractivity contribution < 1.29 is 9.53 Å². The molecule has 0 spiro atoms. The van der Waals surface area contributed by atoms with Gasteiger partial charge in [0.15, 0.2) is 0 Å². The number of ether oxygens (including phenoxy) is 1. The minimum Gasteiger partial charge on any atom is -0.458 e. The van der Waals surface area contributed by atoms with Gasteiger partial charge in [0.05, 0.1) is 12.3 Å². The first-order chi connectivity index (χ1) is 6.63. The van der Waals surface area contributed by atoms with Gasteiger partial charge in [-0.2, -0.15) is 5.10 Å². The highest BCUT2D eigenvalue weighted by molar-refractivity contribution is 5.86. The van der Waals surface area contributed by atoms with Crippen LogP contribution in [0.25, 0.3) is 0 Å². The summed E-state index contributed by atoms with van der Waals surface area (Å²) in [4.78, 5) is 22.2. The average molecular weight is 196 g/mol. The number of hydrogen-bond donors (Lipinski definition) is 1. The molecule has 0 amide bonds. The minimum absolute atomic E-state index is 0.0813. The number of carbonyl (C=O) groups excluding carboxylic acids is 1. The molecule has 1 unspecified atom stereocenters. The third kappa shape index (κ3) is 2.69. The molecule has 0 radical (unpaired) electrons. The Morgan fingerprint density at radius 1 is 1.71 bits per heavy atom. The zero-order chi connectivity index (χ0) is 10.6. The Hall–Kier alpha value is -1.65. The Balaban J connectivity index is 2.75. The van der Waals surface area contributed by atoms with Crippen molar-refractivity contribution in [2.24, 2.45) is 0 Å². The van der Waals surface area contributed by atoms with Gasteiger partial charge in [0.1, 0.15) is 5.69 Å². The van der Waals surface area contributed by atoms with Crippen molar-refractivity contribution >= 4 is 5.97 Å². The summed E-state index contributed by atoms with van der Waals surface area (Å²) in [5.74, 6) is -0.551. The average Bonchev–Trinajstić information content (AvgIpc) is 2.17. The number of hydrogen-bond acceptors (Lipinski definition) is 4. The fourth-order valence-corrected chi connectivity index (χ4v) is 0.811. The van der Waals surface area contributed by atoms with E-state index in [9.17, 15) is 9.59 Å². The predicted octanol–water partition coefficient (Wildman–Crippen LogP) is 0.725. The SMILES string of the molecule is CCC(C)OC(=O)c1cc(=O)cn[nH]1. The number of nitrogens with zero attached hydrogens (tertiary/aromatic N) is 1. The summed E-state index contributed by atoms with van der Waals surface area (Å²) >= 11 is 0. The van der Waals surface area contributed by atoms with Crippen LogP contribution in [0.15, 0.2) is 17.1 Å². The van der Waals surface area contributed by atoms with E-state index >= 15 is 0 Å². The number of H-pyrrole nitrogens is 1. The maximum atomic E-state index is 11.3. The van der Waals surface area contributed by atoms with E-state index in [4.69, 9.17) is 4.74 Å². The van der Waals surface area contributed by atoms with E-state index in [0.717, 1.165) is 18.7 Å². The molecule has 0 aliphatic heterocycles. The monoisotopic (exact) mass is 196 g/mol. The van der Waals surface area contributed by atoms with E-state index in [-0.39, 0.29) is 17.2 Å². The van der Waals surface area contributed by atoms with E-state index in [2.05, 4.69) is 10.2 Å². The molecular weight excluding hydrogens is 184 g/mol. The Kier molecular flexibility index (Phi) is 3.39. The first-order valence-electron chi connectivity index (χ1n) is 4.39. The number of rotatable bonds is 3. The molecule has 1 aromatic heterocycles. The van der Waals surface area contributed by atoms with E-state index in [1.807, 2.05) is 6.92 Å². The highest BCUT2D eigenvalue weighted by Crippen LogP contribution is 2.00. The van der Waals surface area contributed by atoms with E-state index in [1.165, 1.54) is 0 Å². The number of aromatic amines is 1. The van der Waals surface area contributed by atoms with Crippen LogP contribution in [0.2, 0.25) is 0 Å². The summed E-state index contributed by atoms with van der Waals surface area (Å²) in [6.07, 6.45) is 1.67. The molecule has 1 aromatic rings. The van der Waals surface area contributed by atoms with Crippen LogP contribution in [0, 0.1) is 0 Å². The van der Waals surface area contributed by atoms with Gasteiger partial charge in [-0.1, -0.05) is 6.92 Å². The molecule has 1 atom stereocenters. The summed E-state index contributed by atoms with van der Waals surface area (Å²) < 4.78 is 4.99. The lowest BCUT2D eigenvalue weighted by molar-refractivity contribution is 0.0326. The van der Waals surface area contributed by atoms with Crippen molar-refractivity contribution in [3.63, 3.8) is 0 Å². The van der Waals surface area contributed by atoms with E-state index < -0.39 is 5.97 Å².